The molecule has 3 aromatic carbocycles. The molecule has 2 amide bonds. The van der Waals surface area contributed by atoms with Crippen molar-refractivity contribution < 1.29 is 9.59 Å². The van der Waals surface area contributed by atoms with Crippen LogP contribution in [0.4, 0.5) is 0 Å². The van der Waals surface area contributed by atoms with Gasteiger partial charge >= 0.3 is 0 Å². The molecule has 0 heterocycles. The molecule has 0 saturated heterocycles. The second kappa shape index (κ2) is 11.0. The summed E-state index contributed by atoms with van der Waals surface area (Å²) >= 11 is 12.2. The van der Waals surface area contributed by atoms with E-state index in [0.29, 0.717) is 16.5 Å². The van der Waals surface area contributed by atoms with Crippen LogP contribution >= 0.6 is 23.2 Å². The van der Waals surface area contributed by atoms with E-state index in [1.54, 1.807) is 24.1 Å². The van der Waals surface area contributed by atoms with E-state index in [0.717, 1.165) is 16.7 Å². The quantitative estimate of drug-likeness (QED) is 0.524. The molecule has 0 aliphatic carbocycles. The highest BCUT2D eigenvalue weighted by atomic mass is 35.5. The summed E-state index contributed by atoms with van der Waals surface area (Å²) in [7, 11) is 1.58. The van der Waals surface area contributed by atoms with Crippen molar-refractivity contribution in [3.8, 4) is 0 Å². The first-order chi connectivity index (χ1) is 15.0. The Morgan fingerprint density at radius 2 is 1.45 bits per heavy atom. The van der Waals surface area contributed by atoms with Crippen LogP contribution in [0.3, 0.4) is 0 Å². The molecule has 31 heavy (non-hydrogen) atoms. The van der Waals surface area contributed by atoms with Gasteiger partial charge in [0.2, 0.25) is 11.8 Å². The summed E-state index contributed by atoms with van der Waals surface area (Å²) in [6.45, 7) is 0.244. The molecule has 6 heteroatoms. The number of likely N-dealkylation sites (N-methyl/N-ethyl adjacent to an activating group) is 1. The molecule has 0 bridgehead atoms. The molecule has 0 aromatic heterocycles. The SMILES string of the molecule is CNC(=O)[C@@H](Cc1ccccc1)N(Cc1ccc(Cl)c(Cl)c1)C(=O)Cc1ccccc1. The minimum absolute atomic E-state index is 0.137. The number of hydrogen-bond acceptors (Lipinski definition) is 2. The Balaban J connectivity index is 1.94. The summed E-state index contributed by atoms with van der Waals surface area (Å²) in [5, 5.41) is 3.57. The van der Waals surface area contributed by atoms with E-state index >= 15 is 0 Å². The molecule has 160 valence electrons. The summed E-state index contributed by atoms with van der Waals surface area (Å²) in [6, 6.07) is 23.8. The maximum absolute atomic E-state index is 13.4. The molecule has 3 aromatic rings. The Hall–Kier alpha value is -2.82. The number of nitrogens with one attached hydrogen (secondary N) is 1. The number of amides is 2. The van der Waals surface area contributed by atoms with Crippen LogP contribution < -0.4 is 5.32 Å². The smallest absolute Gasteiger partial charge is 0.242 e. The topological polar surface area (TPSA) is 49.4 Å². The highest BCUT2D eigenvalue weighted by Gasteiger charge is 2.29. The summed E-state index contributed by atoms with van der Waals surface area (Å²) < 4.78 is 0. The van der Waals surface area contributed by atoms with Gasteiger partial charge in [0.1, 0.15) is 6.04 Å². The Labute approximate surface area is 192 Å². The fraction of sp³-hybridized carbons (Fsp3) is 0.200. The number of carbonyl (C=O) groups excluding carboxylic acids is 2. The molecule has 0 spiro atoms. The maximum atomic E-state index is 13.4. The molecular weight excluding hydrogens is 431 g/mol. The van der Waals surface area contributed by atoms with Crippen LogP contribution in [0.15, 0.2) is 78.9 Å². The van der Waals surface area contributed by atoms with Crippen molar-refractivity contribution in [2.45, 2.75) is 25.4 Å². The van der Waals surface area contributed by atoms with Crippen molar-refractivity contribution in [3.05, 3.63) is 106 Å². The van der Waals surface area contributed by atoms with E-state index < -0.39 is 6.04 Å². The van der Waals surface area contributed by atoms with Crippen LogP contribution in [-0.2, 0) is 29.0 Å². The van der Waals surface area contributed by atoms with Gasteiger partial charge in [-0.2, -0.15) is 0 Å². The minimum Gasteiger partial charge on any atom is -0.357 e. The monoisotopic (exact) mass is 454 g/mol. The van der Waals surface area contributed by atoms with Crippen LogP contribution in [0.25, 0.3) is 0 Å². The number of benzene rings is 3. The van der Waals surface area contributed by atoms with Crippen molar-refractivity contribution >= 4 is 35.0 Å². The van der Waals surface area contributed by atoms with Gasteiger partial charge in [-0.1, -0.05) is 89.9 Å². The van der Waals surface area contributed by atoms with Gasteiger partial charge in [-0.3, -0.25) is 9.59 Å². The molecule has 0 aliphatic rings. The molecule has 1 atom stereocenters. The maximum Gasteiger partial charge on any atom is 0.242 e. The summed E-state index contributed by atoms with van der Waals surface area (Å²) in [5.41, 5.74) is 2.67. The fourth-order valence-electron chi connectivity index (χ4n) is 3.43. The zero-order chi connectivity index (χ0) is 22.2. The van der Waals surface area contributed by atoms with Crippen LogP contribution in [0.5, 0.6) is 0 Å². The van der Waals surface area contributed by atoms with Crippen molar-refractivity contribution in [2.75, 3.05) is 7.05 Å². The summed E-state index contributed by atoms with van der Waals surface area (Å²) in [4.78, 5) is 27.9. The number of rotatable bonds is 8. The third-order valence-electron chi connectivity index (χ3n) is 5.05. The number of carbonyl (C=O) groups is 2. The largest absolute Gasteiger partial charge is 0.357 e. The van der Waals surface area contributed by atoms with Crippen LogP contribution in [0.1, 0.15) is 16.7 Å². The van der Waals surface area contributed by atoms with Crippen molar-refractivity contribution in [1.29, 1.82) is 0 Å². The Bertz CT molecular complexity index is 1030. The molecule has 0 fully saturated rings. The first-order valence-corrected chi connectivity index (χ1v) is 10.8. The zero-order valence-corrected chi connectivity index (χ0v) is 18.7. The third-order valence-corrected chi connectivity index (χ3v) is 5.79. The van der Waals surface area contributed by atoms with Gasteiger partial charge in [0.15, 0.2) is 0 Å². The van der Waals surface area contributed by atoms with Crippen molar-refractivity contribution in [3.63, 3.8) is 0 Å². The normalized spacial score (nSPS) is 11.6. The average molecular weight is 455 g/mol. The highest BCUT2D eigenvalue weighted by Crippen LogP contribution is 2.24. The molecule has 1 N–H and O–H groups in total. The first-order valence-electron chi connectivity index (χ1n) is 10.0. The molecular formula is C25H24Cl2N2O2. The Kier molecular flexibility index (Phi) is 8.10. The first kappa shape index (κ1) is 22.9. The number of nitrogens with zero attached hydrogens (tertiary/aromatic N) is 1. The van der Waals surface area contributed by atoms with Crippen molar-refractivity contribution in [2.24, 2.45) is 0 Å². The van der Waals surface area contributed by atoms with E-state index in [1.807, 2.05) is 66.7 Å². The molecule has 4 nitrogen and oxygen atoms in total. The second-order valence-corrected chi connectivity index (χ2v) is 8.07. The Morgan fingerprint density at radius 3 is 2.03 bits per heavy atom. The number of hydrogen-bond donors (Lipinski definition) is 1. The van der Waals surface area contributed by atoms with Crippen LogP contribution in [0, 0.1) is 0 Å². The summed E-state index contributed by atoms with van der Waals surface area (Å²) in [6.07, 6.45) is 0.604. The molecule has 3 rings (SSSR count). The third kappa shape index (κ3) is 6.33. The lowest BCUT2D eigenvalue weighted by Gasteiger charge is -2.31. The van der Waals surface area contributed by atoms with Gasteiger partial charge in [0.25, 0.3) is 0 Å². The molecule has 0 saturated carbocycles. The standard InChI is InChI=1S/C25H24Cl2N2O2/c1-28-25(31)23(15-18-8-4-2-5-9-18)29(17-20-12-13-21(26)22(27)14-20)24(30)16-19-10-6-3-7-11-19/h2-14,23H,15-17H2,1H3,(H,28,31)/t23-/m1/s1. The lowest BCUT2D eigenvalue weighted by atomic mass is 10.0. The van der Waals surface area contributed by atoms with Gasteiger partial charge in [-0.25, -0.2) is 0 Å². The van der Waals surface area contributed by atoms with Crippen LogP contribution in [0.2, 0.25) is 10.0 Å². The van der Waals surface area contributed by atoms with E-state index in [4.69, 9.17) is 23.2 Å². The minimum atomic E-state index is -0.668. The lowest BCUT2D eigenvalue weighted by Crippen LogP contribution is -2.50. The van der Waals surface area contributed by atoms with Gasteiger partial charge < -0.3 is 10.2 Å². The predicted molar refractivity (Wildman–Crippen MR) is 125 cm³/mol. The van der Waals surface area contributed by atoms with Gasteiger partial charge in [-0.15, -0.1) is 0 Å². The molecule has 0 radical (unpaired) electrons. The van der Waals surface area contributed by atoms with E-state index in [9.17, 15) is 9.59 Å². The van der Waals surface area contributed by atoms with Crippen molar-refractivity contribution in [1.82, 2.24) is 10.2 Å². The molecule has 0 aliphatic heterocycles. The Morgan fingerprint density at radius 1 is 0.839 bits per heavy atom. The van der Waals surface area contributed by atoms with E-state index in [-0.39, 0.29) is 24.8 Å². The zero-order valence-electron chi connectivity index (χ0n) is 17.2. The second-order valence-electron chi connectivity index (χ2n) is 7.25. The van der Waals surface area contributed by atoms with Gasteiger partial charge in [0, 0.05) is 20.0 Å². The fourth-order valence-corrected chi connectivity index (χ4v) is 3.75. The number of halogens is 2. The molecule has 0 unspecified atom stereocenters. The van der Waals surface area contributed by atoms with Crippen LogP contribution in [-0.4, -0.2) is 29.8 Å². The highest BCUT2D eigenvalue weighted by molar-refractivity contribution is 6.42. The van der Waals surface area contributed by atoms with E-state index in [2.05, 4.69) is 5.32 Å². The lowest BCUT2D eigenvalue weighted by molar-refractivity contribution is -0.140. The van der Waals surface area contributed by atoms with Gasteiger partial charge in [0.05, 0.1) is 16.5 Å². The average Bonchev–Trinajstić information content (AvgIpc) is 2.79. The predicted octanol–water partition coefficient (Wildman–Crippen LogP) is 4.92. The van der Waals surface area contributed by atoms with Gasteiger partial charge in [-0.05, 0) is 28.8 Å². The summed E-state index contributed by atoms with van der Waals surface area (Å²) in [5.74, 6) is -0.355. The van der Waals surface area contributed by atoms with E-state index in [1.165, 1.54) is 0 Å².